The van der Waals surface area contributed by atoms with Gasteiger partial charge in [0.1, 0.15) is 0 Å². The van der Waals surface area contributed by atoms with Crippen LogP contribution in [0.25, 0.3) is 0 Å². The molecule has 0 amide bonds. The minimum Gasteiger partial charge on any atom is -0.310 e. The molecule has 3 heteroatoms. The topological polar surface area (TPSA) is 15.3 Å². The van der Waals surface area contributed by atoms with E-state index < -0.39 is 0 Å². The molecule has 1 aromatic rings. The highest BCUT2D eigenvalue weighted by Crippen LogP contribution is 2.39. The van der Waals surface area contributed by atoms with Crippen LogP contribution in [0.3, 0.4) is 0 Å². The lowest BCUT2D eigenvalue weighted by atomic mass is 9.74. The van der Waals surface area contributed by atoms with E-state index in [1.54, 1.807) is 0 Å². The van der Waals surface area contributed by atoms with Crippen molar-refractivity contribution in [3.63, 3.8) is 0 Å². The number of benzene rings is 1. The van der Waals surface area contributed by atoms with Crippen LogP contribution < -0.4 is 5.32 Å². The number of rotatable bonds is 3. The number of nitrogens with one attached hydrogen (secondary N) is 1. The van der Waals surface area contributed by atoms with Crippen molar-refractivity contribution in [1.29, 1.82) is 0 Å². The number of halogens is 1. The van der Waals surface area contributed by atoms with Gasteiger partial charge in [0, 0.05) is 23.7 Å². The Bertz CT molecular complexity index is 476. The van der Waals surface area contributed by atoms with Gasteiger partial charge >= 0.3 is 0 Å². The van der Waals surface area contributed by atoms with E-state index in [2.05, 4.69) is 28.4 Å². The maximum atomic E-state index is 6.08. The summed E-state index contributed by atoms with van der Waals surface area (Å²) in [6.45, 7) is 3.94. The summed E-state index contributed by atoms with van der Waals surface area (Å²) in [6.07, 6.45) is 5.37. The Morgan fingerprint density at radius 2 is 1.95 bits per heavy atom. The smallest absolute Gasteiger partial charge is 0.0408 e. The van der Waals surface area contributed by atoms with Gasteiger partial charge < -0.3 is 10.2 Å². The van der Waals surface area contributed by atoms with Crippen molar-refractivity contribution in [2.75, 3.05) is 19.6 Å². The van der Waals surface area contributed by atoms with Gasteiger partial charge in [-0.15, -0.1) is 0 Å². The normalized spacial score (nSPS) is 39.5. The Morgan fingerprint density at radius 3 is 2.60 bits per heavy atom. The minimum atomic E-state index is 0.715. The fourth-order valence-electron chi connectivity index (χ4n) is 4.24. The lowest BCUT2D eigenvalue weighted by molar-refractivity contribution is 0.0584. The zero-order valence-corrected chi connectivity index (χ0v) is 12.6. The first kappa shape index (κ1) is 13.1. The van der Waals surface area contributed by atoms with E-state index in [0.717, 1.165) is 23.0 Å². The van der Waals surface area contributed by atoms with E-state index in [-0.39, 0.29) is 0 Å². The molecule has 1 atom stereocenters. The molecule has 1 N–H and O–H groups in total. The van der Waals surface area contributed by atoms with Crippen LogP contribution in [0.4, 0.5) is 0 Å². The summed E-state index contributed by atoms with van der Waals surface area (Å²) >= 11 is 6.08. The Labute approximate surface area is 126 Å². The third-order valence-electron chi connectivity index (χ3n) is 5.56. The van der Waals surface area contributed by atoms with Gasteiger partial charge in [-0.1, -0.05) is 23.7 Å². The molecule has 2 nitrogen and oxygen atoms in total. The third kappa shape index (κ3) is 2.49. The number of hydrogen-bond acceptors (Lipinski definition) is 2. The average Bonchev–Trinajstić information content (AvgIpc) is 2.43. The third-order valence-corrected chi connectivity index (χ3v) is 5.80. The molecule has 0 spiro atoms. The summed E-state index contributed by atoms with van der Waals surface area (Å²) in [6, 6.07) is 9.88. The molecule has 3 saturated heterocycles. The summed E-state index contributed by atoms with van der Waals surface area (Å²) in [5.74, 6) is 1.65. The molecule has 1 unspecified atom stereocenters. The zero-order chi connectivity index (χ0) is 13.5. The first-order valence-electron chi connectivity index (χ1n) is 8.02. The molecule has 108 valence electrons. The van der Waals surface area contributed by atoms with Crippen LogP contribution in [0.1, 0.15) is 37.2 Å². The summed E-state index contributed by atoms with van der Waals surface area (Å²) in [4.78, 5) is 2.63. The van der Waals surface area contributed by atoms with E-state index in [9.17, 15) is 0 Å². The molecule has 0 radical (unpaired) electrons. The molecule has 1 saturated carbocycles. The standard InChI is InChI=1S/C17H23ClN2/c18-15-3-1-2-13(8-15)14-9-16(10-14)19-17-11-20-6-4-12(17)5-7-20/h1-3,8,12,14,16-17,19H,4-7,9-11H2. The Morgan fingerprint density at radius 1 is 1.15 bits per heavy atom. The van der Waals surface area contributed by atoms with Gasteiger partial charge in [0.15, 0.2) is 0 Å². The van der Waals surface area contributed by atoms with Crippen molar-refractivity contribution in [2.45, 2.75) is 43.7 Å². The predicted octanol–water partition coefficient (Wildman–Crippen LogP) is 3.27. The Balaban J connectivity index is 1.31. The molecular formula is C17H23ClN2. The maximum absolute atomic E-state index is 6.08. The van der Waals surface area contributed by atoms with Crippen LogP contribution in [0.5, 0.6) is 0 Å². The summed E-state index contributed by atoms with van der Waals surface area (Å²) in [7, 11) is 0. The average molecular weight is 291 g/mol. The van der Waals surface area contributed by atoms with E-state index in [1.165, 1.54) is 50.9 Å². The van der Waals surface area contributed by atoms with Gasteiger partial charge in [0.25, 0.3) is 0 Å². The lowest BCUT2D eigenvalue weighted by Crippen LogP contribution is -2.59. The number of hydrogen-bond donors (Lipinski definition) is 1. The monoisotopic (exact) mass is 290 g/mol. The lowest BCUT2D eigenvalue weighted by Gasteiger charge is -2.48. The van der Waals surface area contributed by atoms with Crippen molar-refractivity contribution >= 4 is 11.6 Å². The molecule has 0 aromatic heterocycles. The molecule has 4 aliphatic rings. The molecule has 1 aromatic carbocycles. The second kappa shape index (κ2) is 5.32. The summed E-state index contributed by atoms with van der Waals surface area (Å²) in [5, 5.41) is 4.80. The summed E-state index contributed by atoms with van der Waals surface area (Å²) < 4.78 is 0. The molecule has 1 aliphatic carbocycles. The number of nitrogens with zero attached hydrogens (tertiary/aromatic N) is 1. The first-order chi connectivity index (χ1) is 9.78. The van der Waals surface area contributed by atoms with Crippen molar-refractivity contribution < 1.29 is 0 Å². The fourth-order valence-corrected chi connectivity index (χ4v) is 4.44. The van der Waals surface area contributed by atoms with Gasteiger partial charge in [0.2, 0.25) is 0 Å². The summed E-state index contributed by atoms with van der Waals surface area (Å²) in [5.41, 5.74) is 1.42. The maximum Gasteiger partial charge on any atom is 0.0408 e. The predicted molar refractivity (Wildman–Crippen MR) is 83.3 cm³/mol. The molecule has 5 rings (SSSR count). The molecular weight excluding hydrogens is 268 g/mol. The van der Waals surface area contributed by atoms with Crippen LogP contribution in [0.2, 0.25) is 5.02 Å². The number of fused-ring (bicyclic) bond motifs is 3. The van der Waals surface area contributed by atoms with Crippen LogP contribution in [0.15, 0.2) is 24.3 Å². The van der Waals surface area contributed by atoms with Crippen LogP contribution in [0, 0.1) is 5.92 Å². The Kier molecular flexibility index (Phi) is 3.49. The molecule has 2 bridgehead atoms. The highest BCUT2D eigenvalue weighted by Gasteiger charge is 2.38. The molecule has 3 heterocycles. The molecule has 3 aliphatic heterocycles. The van der Waals surface area contributed by atoms with Gasteiger partial charge in [0.05, 0.1) is 0 Å². The van der Waals surface area contributed by atoms with Crippen LogP contribution >= 0.6 is 11.6 Å². The quantitative estimate of drug-likeness (QED) is 0.919. The van der Waals surface area contributed by atoms with Crippen molar-refractivity contribution in [1.82, 2.24) is 10.2 Å². The minimum absolute atomic E-state index is 0.715. The second-order valence-electron chi connectivity index (χ2n) is 6.83. The highest BCUT2D eigenvalue weighted by atomic mass is 35.5. The van der Waals surface area contributed by atoms with Crippen molar-refractivity contribution in [2.24, 2.45) is 5.92 Å². The van der Waals surface area contributed by atoms with E-state index >= 15 is 0 Å². The fraction of sp³-hybridized carbons (Fsp3) is 0.647. The van der Waals surface area contributed by atoms with Gasteiger partial charge in [-0.05, 0) is 68.3 Å². The largest absolute Gasteiger partial charge is 0.310 e. The van der Waals surface area contributed by atoms with E-state index in [1.807, 2.05) is 6.07 Å². The van der Waals surface area contributed by atoms with Crippen molar-refractivity contribution in [3.8, 4) is 0 Å². The van der Waals surface area contributed by atoms with Crippen LogP contribution in [-0.4, -0.2) is 36.6 Å². The second-order valence-corrected chi connectivity index (χ2v) is 7.27. The molecule has 4 fully saturated rings. The van der Waals surface area contributed by atoms with Crippen LogP contribution in [-0.2, 0) is 0 Å². The van der Waals surface area contributed by atoms with E-state index in [4.69, 9.17) is 11.6 Å². The zero-order valence-electron chi connectivity index (χ0n) is 11.9. The van der Waals surface area contributed by atoms with Crippen molar-refractivity contribution in [3.05, 3.63) is 34.9 Å². The SMILES string of the molecule is Clc1cccc(C2CC(NC3CN4CCC3CC4)C2)c1. The van der Waals surface area contributed by atoms with E-state index in [0.29, 0.717) is 5.92 Å². The van der Waals surface area contributed by atoms with Gasteiger partial charge in [-0.2, -0.15) is 0 Å². The van der Waals surface area contributed by atoms with Gasteiger partial charge in [-0.25, -0.2) is 0 Å². The van der Waals surface area contributed by atoms with Gasteiger partial charge in [-0.3, -0.25) is 0 Å². The highest BCUT2D eigenvalue weighted by molar-refractivity contribution is 6.30. The first-order valence-corrected chi connectivity index (χ1v) is 8.39. The number of piperidine rings is 3. The molecule has 20 heavy (non-hydrogen) atoms. The Hall–Kier alpha value is -0.570.